The highest BCUT2D eigenvalue weighted by Gasteiger charge is 2.57. The Morgan fingerprint density at radius 3 is 1.78 bits per heavy atom. The number of rotatable bonds is 5. The van der Waals surface area contributed by atoms with E-state index in [1.165, 1.54) is 88.7 Å². The minimum absolute atomic E-state index is 0.0895. The first kappa shape index (κ1) is 33.0. The van der Waals surface area contributed by atoms with E-state index >= 15 is 0 Å². The fourth-order valence-corrected chi connectivity index (χ4v) is 10.9. The molecule has 1 N–H and O–H groups in total. The van der Waals surface area contributed by atoms with Crippen molar-refractivity contribution in [2.75, 3.05) is 0 Å². The standard InChI is InChI=1S/C57H39N/c1-3-18-42(19-4-1)56(44-34-32-39(33-35-44)54-37-48(46-23-10-14-29-53(46)58-54)41-31-30-38-16-7-8-17-40(38)36-41)50-26-12-13-27-51(50)57(43-20-5-2-6-21-43)49-25-11-9-22-45(49)47-24-15-28-52(56)55(47)57/h1-37,53,58H. The van der Waals surface area contributed by atoms with Crippen LogP contribution in [0.15, 0.2) is 230 Å². The van der Waals surface area contributed by atoms with Gasteiger partial charge in [0.25, 0.3) is 0 Å². The summed E-state index contributed by atoms with van der Waals surface area (Å²) in [7, 11) is 0. The predicted octanol–water partition coefficient (Wildman–Crippen LogP) is 12.8. The van der Waals surface area contributed by atoms with E-state index in [0.29, 0.717) is 0 Å². The molecule has 8 aromatic carbocycles. The molecule has 0 spiro atoms. The minimum atomic E-state index is -0.573. The molecule has 3 aliphatic carbocycles. The van der Waals surface area contributed by atoms with Gasteiger partial charge in [-0.3, -0.25) is 0 Å². The number of dihydropyridines is 1. The summed E-state index contributed by atoms with van der Waals surface area (Å²) in [5.41, 5.74) is 18.2. The van der Waals surface area contributed by atoms with Crippen LogP contribution in [0.5, 0.6) is 0 Å². The second kappa shape index (κ2) is 12.6. The smallest absolute Gasteiger partial charge is 0.0720 e. The highest BCUT2D eigenvalue weighted by molar-refractivity contribution is 5.95. The summed E-state index contributed by atoms with van der Waals surface area (Å²) in [4.78, 5) is 0. The molecule has 58 heavy (non-hydrogen) atoms. The summed E-state index contributed by atoms with van der Waals surface area (Å²) < 4.78 is 0. The molecule has 3 atom stereocenters. The molecule has 1 heterocycles. The second-order valence-electron chi connectivity index (χ2n) is 16.0. The molecule has 12 rings (SSSR count). The van der Waals surface area contributed by atoms with Crippen molar-refractivity contribution in [3.63, 3.8) is 0 Å². The molecule has 1 heteroatoms. The maximum Gasteiger partial charge on any atom is 0.0720 e. The lowest BCUT2D eigenvalue weighted by molar-refractivity contribution is 0.626. The lowest BCUT2D eigenvalue weighted by atomic mass is 9.52. The number of fused-ring (bicyclic) bond motifs is 7. The number of hydrogen-bond donors (Lipinski definition) is 1. The first-order valence-electron chi connectivity index (χ1n) is 20.4. The molecule has 0 aromatic heterocycles. The maximum absolute atomic E-state index is 3.90. The molecular weight excluding hydrogens is 699 g/mol. The van der Waals surface area contributed by atoms with Crippen molar-refractivity contribution in [2.45, 2.75) is 16.9 Å². The lowest BCUT2D eigenvalue weighted by Crippen LogP contribution is -2.44. The Balaban J connectivity index is 1.08. The van der Waals surface area contributed by atoms with Gasteiger partial charge in [0.05, 0.1) is 16.9 Å². The summed E-state index contributed by atoms with van der Waals surface area (Å²) in [6, 6.07) is 72.8. The first-order valence-corrected chi connectivity index (χ1v) is 20.4. The van der Waals surface area contributed by atoms with Gasteiger partial charge in [0.1, 0.15) is 0 Å². The molecule has 1 nitrogen and oxygen atoms in total. The molecule has 0 saturated heterocycles. The highest BCUT2D eigenvalue weighted by Crippen LogP contribution is 2.65. The molecule has 1 aliphatic heterocycles. The summed E-state index contributed by atoms with van der Waals surface area (Å²) in [5.74, 6) is 0. The van der Waals surface area contributed by atoms with Crippen LogP contribution in [0, 0.1) is 0 Å². The van der Waals surface area contributed by atoms with E-state index in [0.717, 1.165) is 5.70 Å². The number of nitrogens with one attached hydrogen (secondary N) is 1. The minimum Gasteiger partial charge on any atom is -0.374 e. The Morgan fingerprint density at radius 1 is 0.414 bits per heavy atom. The van der Waals surface area contributed by atoms with Crippen molar-refractivity contribution in [3.05, 3.63) is 286 Å². The number of hydrogen-bond acceptors (Lipinski definition) is 1. The van der Waals surface area contributed by atoms with E-state index in [1.807, 2.05) is 0 Å². The molecule has 0 saturated carbocycles. The normalized spacial score (nSPS) is 20.8. The van der Waals surface area contributed by atoms with Crippen LogP contribution in [-0.2, 0) is 10.8 Å². The fourth-order valence-electron chi connectivity index (χ4n) is 10.9. The van der Waals surface area contributed by atoms with Crippen LogP contribution >= 0.6 is 0 Å². The van der Waals surface area contributed by atoms with Gasteiger partial charge in [0.2, 0.25) is 0 Å². The van der Waals surface area contributed by atoms with Crippen molar-refractivity contribution in [1.82, 2.24) is 5.32 Å². The van der Waals surface area contributed by atoms with Crippen LogP contribution in [0.2, 0.25) is 0 Å². The highest BCUT2D eigenvalue weighted by atomic mass is 14.9. The topological polar surface area (TPSA) is 12.0 Å². The summed E-state index contributed by atoms with van der Waals surface area (Å²) >= 11 is 0. The van der Waals surface area contributed by atoms with Gasteiger partial charge in [-0.15, -0.1) is 0 Å². The molecule has 4 aliphatic rings. The molecule has 0 bridgehead atoms. The Bertz CT molecular complexity index is 3070. The molecule has 3 unspecified atom stereocenters. The van der Waals surface area contributed by atoms with Crippen LogP contribution < -0.4 is 5.32 Å². The average Bonchev–Trinajstić information content (AvgIpc) is 3.61. The van der Waals surface area contributed by atoms with Crippen molar-refractivity contribution in [2.24, 2.45) is 0 Å². The molecule has 0 fully saturated rings. The van der Waals surface area contributed by atoms with Crippen LogP contribution in [0.1, 0.15) is 55.6 Å². The first-order chi connectivity index (χ1) is 28.8. The molecule has 8 aromatic rings. The van der Waals surface area contributed by atoms with Crippen molar-refractivity contribution >= 4 is 22.0 Å². The Kier molecular flexibility index (Phi) is 7.19. The molecule has 272 valence electrons. The largest absolute Gasteiger partial charge is 0.374 e. The van der Waals surface area contributed by atoms with E-state index in [-0.39, 0.29) is 6.04 Å². The second-order valence-corrected chi connectivity index (χ2v) is 16.0. The fraction of sp³-hybridized carbons (Fsp3) is 0.0526. The predicted molar refractivity (Wildman–Crippen MR) is 240 cm³/mol. The van der Waals surface area contributed by atoms with Crippen LogP contribution in [0.4, 0.5) is 0 Å². The molecular formula is C57H39N. The third kappa shape index (κ3) is 4.47. The molecule has 0 amide bonds. The van der Waals surface area contributed by atoms with E-state index < -0.39 is 10.8 Å². The van der Waals surface area contributed by atoms with Crippen molar-refractivity contribution < 1.29 is 0 Å². The van der Waals surface area contributed by atoms with Gasteiger partial charge in [-0.05, 0) is 101 Å². The van der Waals surface area contributed by atoms with E-state index in [1.54, 1.807) is 0 Å². The van der Waals surface area contributed by atoms with Gasteiger partial charge in [-0.25, -0.2) is 0 Å². The van der Waals surface area contributed by atoms with Gasteiger partial charge in [-0.1, -0.05) is 212 Å². The third-order valence-electron chi connectivity index (χ3n) is 13.2. The maximum atomic E-state index is 3.90. The van der Waals surface area contributed by atoms with Crippen LogP contribution in [-0.4, -0.2) is 6.04 Å². The van der Waals surface area contributed by atoms with Gasteiger partial charge in [-0.2, -0.15) is 0 Å². The van der Waals surface area contributed by atoms with Gasteiger partial charge < -0.3 is 5.32 Å². The SMILES string of the molecule is C1=CC2=C(c3ccc4ccccc4c3)C=C(c3ccc(C4(c5ccccc5)c5ccccc5C5(c6ccccc6)c6ccccc6-c6cccc4c65)cc3)NC2C=C1. The zero-order valence-electron chi connectivity index (χ0n) is 31.9. The van der Waals surface area contributed by atoms with Crippen molar-refractivity contribution in [3.8, 4) is 11.1 Å². The lowest BCUT2D eigenvalue weighted by Gasteiger charge is -2.49. The Hall–Kier alpha value is -7.22. The van der Waals surface area contributed by atoms with E-state index in [2.05, 4.69) is 230 Å². The molecule has 0 radical (unpaired) electrons. The third-order valence-corrected chi connectivity index (χ3v) is 13.2. The van der Waals surface area contributed by atoms with Gasteiger partial charge >= 0.3 is 0 Å². The average molecular weight is 738 g/mol. The zero-order chi connectivity index (χ0) is 38.3. The van der Waals surface area contributed by atoms with Gasteiger partial charge in [0, 0.05) is 5.70 Å². The monoisotopic (exact) mass is 737 g/mol. The summed E-state index contributed by atoms with van der Waals surface area (Å²) in [6.07, 6.45) is 11.2. The van der Waals surface area contributed by atoms with Crippen molar-refractivity contribution in [1.29, 1.82) is 0 Å². The van der Waals surface area contributed by atoms with Gasteiger partial charge in [0.15, 0.2) is 0 Å². The summed E-state index contributed by atoms with van der Waals surface area (Å²) in [5, 5.41) is 6.41. The number of allylic oxidation sites excluding steroid dienone is 4. The van der Waals surface area contributed by atoms with Crippen LogP contribution in [0.25, 0.3) is 33.2 Å². The quantitative estimate of drug-likeness (QED) is 0.185. The summed E-state index contributed by atoms with van der Waals surface area (Å²) in [6.45, 7) is 0. The zero-order valence-corrected chi connectivity index (χ0v) is 31.9. The Morgan fingerprint density at radius 2 is 1.00 bits per heavy atom. The number of benzene rings is 8. The Labute approximate surface area is 339 Å². The van der Waals surface area contributed by atoms with E-state index in [9.17, 15) is 0 Å². The van der Waals surface area contributed by atoms with E-state index in [4.69, 9.17) is 0 Å². The van der Waals surface area contributed by atoms with Crippen LogP contribution in [0.3, 0.4) is 0 Å².